The van der Waals surface area contributed by atoms with Gasteiger partial charge in [-0.2, -0.15) is 0 Å². The molecule has 0 bridgehead atoms. The van der Waals surface area contributed by atoms with Crippen LogP contribution in [0.3, 0.4) is 0 Å². The first-order chi connectivity index (χ1) is 24.3. The van der Waals surface area contributed by atoms with Gasteiger partial charge in [0.2, 0.25) is 0 Å². The molecule has 0 saturated heterocycles. The van der Waals surface area contributed by atoms with E-state index in [0.29, 0.717) is 0 Å². The molecule has 0 spiro atoms. The molecule has 10 rings (SSSR count). The summed E-state index contributed by atoms with van der Waals surface area (Å²) >= 11 is 0. The highest BCUT2D eigenvalue weighted by atomic mass is 16.3. The number of fused-ring (bicyclic) bond motifs is 7. The molecule has 2 nitrogen and oxygen atoms in total. The highest BCUT2D eigenvalue weighted by Crippen LogP contribution is 2.57. The quantitative estimate of drug-likeness (QED) is 0.189. The number of furan rings is 1. The molecule has 0 saturated carbocycles. The number of hydrogen-bond donors (Lipinski definition) is 0. The molecule has 1 heterocycles. The maximum atomic E-state index is 6.20. The van der Waals surface area contributed by atoms with Crippen LogP contribution in [-0.4, -0.2) is 0 Å². The maximum Gasteiger partial charge on any atom is 0.135 e. The zero-order valence-corrected chi connectivity index (χ0v) is 26.8. The third kappa shape index (κ3) is 4.14. The van der Waals surface area contributed by atoms with Gasteiger partial charge >= 0.3 is 0 Å². The molecule has 9 aromatic rings. The van der Waals surface area contributed by atoms with Gasteiger partial charge in [-0.15, -0.1) is 0 Å². The lowest BCUT2D eigenvalue weighted by Crippen LogP contribution is -2.28. The van der Waals surface area contributed by atoms with Crippen LogP contribution in [-0.2, 0) is 5.41 Å². The van der Waals surface area contributed by atoms with Crippen LogP contribution in [0.2, 0.25) is 0 Å². The molecule has 0 aliphatic heterocycles. The summed E-state index contributed by atoms with van der Waals surface area (Å²) in [6, 6.07) is 68.1. The van der Waals surface area contributed by atoms with E-state index < -0.39 is 5.41 Å². The minimum Gasteiger partial charge on any atom is -0.456 e. The molecule has 0 unspecified atom stereocenters. The van der Waals surface area contributed by atoms with Crippen LogP contribution in [0.4, 0.5) is 17.1 Å². The van der Waals surface area contributed by atoms with E-state index in [1.165, 1.54) is 44.2 Å². The van der Waals surface area contributed by atoms with Crippen molar-refractivity contribution in [2.24, 2.45) is 0 Å². The molecule has 0 N–H and O–H groups in total. The molecular formula is C47H31NO. The second kappa shape index (κ2) is 10.8. The zero-order valence-electron chi connectivity index (χ0n) is 26.8. The first-order valence-electron chi connectivity index (χ1n) is 16.8. The summed E-state index contributed by atoms with van der Waals surface area (Å²) in [5.74, 6) is 0. The van der Waals surface area contributed by atoms with Crippen molar-refractivity contribution >= 4 is 49.8 Å². The van der Waals surface area contributed by atoms with Gasteiger partial charge in [0.15, 0.2) is 0 Å². The maximum absolute atomic E-state index is 6.20. The van der Waals surface area contributed by atoms with Gasteiger partial charge in [0.25, 0.3) is 0 Å². The van der Waals surface area contributed by atoms with E-state index >= 15 is 0 Å². The fourth-order valence-corrected chi connectivity index (χ4v) is 8.19. The molecule has 0 atom stereocenters. The Morgan fingerprint density at radius 2 is 0.980 bits per heavy atom. The van der Waals surface area contributed by atoms with Gasteiger partial charge in [-0.05, 0) is 105 Å². The molecule has 8 aromatic carbocycles. The summed E-state index contributed by atoms with van der Waals surface area (Å²) < 4.78 is 6.20. The molecule has 1 aliphatic carbocycles. The van der Waals surface area contributed by atoms with Crippen LogP contribution in [0, 0.1) is 0 Å². The van der Waals surface area contributed by atoms with E-state index in [4.69, 9.17) is 4.42 Å². The Morgan fingerprint density at radius 3 is 1.76 bits per heavy atom. The molecule has 49 heavy (non-hydrogen) atoms. The summed E-state index contributed by atoms with van der Waals surface area (Å²) in [7, 11) is 0. The van der Waals surface area contributed by atoms with Crippen molar-refractivity contribution in [2.45, 2.75) is 5.41 Å². The molecule has 0 radical (unpaired) electrons. The first kappa shape index (κ1) is 27.7. The fourth-order valence-electron chi connectivity index (χ4n) is 8.19. The number of nitrogens with zero attached hydrogens (tertiary/aromatic N) is 1. The van der Waals surface area contributed by atoms with Gasteiger partial charge in [-0.25, -0.2) is 0 Å². The van der Waals surface area contributed by atoms with E-state index in [0.717, 1.165) is 39.0 Å². The number of hydrogen-bond acceptors (Lipinski definition) is 2. The van der Waals surface area contributed by atoms with Crippen molar-refractivity contribution in [1.29, 1.82) is 0 Å². The van der Waals surface area contributed by atoms with Crippen molar-refractivity contribution in [3.8, 4) is 11.1 Å². The number of benzene rings is 8. The lowest BCUT2D eigenvalue weighted by Gasteiger charge is -2.34. The first-order valence-corrected chi connectivity index (χ1v) is 16.8. The summed E-state index contributed by atoms with van der Waals surface area (Å²) in [5.41, 5.74) is 12.4. The van der Waals surface area contributed by atoms with Crippen LogP contribution in [0.5, 0.6) is 0 Å². The van der Waals surface area contributed by atoms with Crippen LogP contribution < -0.4 is 4.90 Å². The smallest absolute Gasteiger partial charge is 0.135 e. The van der Waals surface area contributed by atoms with Crippen molar-refractivity contribution < 1.29 is 4.42 Å². The Hall–Kier alpha value is -6.38. The van der Waals surface area contributed by atoms with Gasteiger partial charge in [-0.1, -0.05) is 127 Å². The van der Waals surface area contributed by atoms with Crippen molar-refractivity contribution in [3.63, 3.8) is 0 Å². The van der Waals surface area contributed by atoms with E-state index in [1.54, 1.807) is 0 Å². The lowest BCUT2D eigenvalue weighted by atomic mass is 9.67. The standard InChI is InChI=1S/C47H31NO/c1-4-14-34(15-5-1)47(35-16-6-2-7-17-35)43-22-12-10-20-39(43)41-29-32-24-25-37(28-33(32)30-44(41)47)48(36-18-8-3-9-19-36)38-26-27-46-42(31-38)40-21-11-13-23-45(40)49-46/h1-31H. The Labute approximate surface area is 285 Å². The highest BCUT2D eigenvalue weighted by molar-refractivity contribution is 6.07. The summed E-state index contributed by atoms with van der Waals surface area (Å²) in [4.78, 5) is 2.35. The minimum atomic E-state index is -0.439. The second-order valence-corrected chi connectivity index (χ2v) is 12.9. The molecule has 0 fully saturated rings. The van der Waals surface area contributed by atoms with Crippen molar-refractivity contribution in [3.05, 3.63) is 210 Å². The summed E-state index contributed by atoms with van der Waals surface area (Å²) in [5, 5.41) is 4.66. The van der Waals surface area contributed by atoms with E-state index in [1.807, 2.05) is 12.1 Å². The van der Waals surface area contributed by atoms with Crippen molar-refractivity contribution in [2.75, 3.05) is 4.90 Å². The summed E-state index contributed by atoms with van der Waals surface area (Å²) in [6.45, 7) is 0. The third-order valence-corrected chi connectivity index (χ3v) is 10.3. The molecular weight excluding hydrogens is 595 g/mol. The average molecular weight is 626 g/mol. The zero-order chi connectivity index (χ0) is 32.4. The normalized spacial score (nSPS) is 13.1. The van der Waals surface area contributed by atoms with Gasteiger partial charge in [0.05, 0.1) is 5.41 Å². The predicted molar refractivity (Wildman–Crippen MR) is 203 cm³/mol. The number of rotatable bonds is 5. The van der Waals surface area contributed by atoms with Crippen LogP contribution in [0.25, 0.3) is 43.8 Å². The molecule has 1 aromatic heterocycles. The second-order valence-electron chi connectivity index (χ2n) is 12.9. The number of anilines is 3. The minimum absolute atomic E-state index is 0.439. The predicted octanol–water partition coefficient (Wildman–Crippen LogP) is 12.6. The third-order valence-electron chi connectivity index (χ3n) is 10.3. The Bertz CT molecular complexity index is 2620. The van der Waals surface area contributed by atoms with Gasteiger partial charge in [-0.3, -0.25) is 0 Å². The van der Waals surface area contributed by atoms with E-state index in [2.05, 4.69) is 181 Å². The molecule has 2 heteroatoms. The van der Waals surface area contributed by atoms with Crippen LogP contribution in [0.15, 0.2) is 192 Å². The Morgan fingerprint density at radius 1 is 0.367 bits per heavy atom. The van der Waals surface area contributed by atoms with Gasteiger partial charge in [0.1, 0.15) is 11.2 Å². The average Bonchev–Trinajstić information content (AvgIpc) is 3.68. The van der Waals surface area contributed by atoms with Crippen LogP contribution >= 0.6 is 0 Å². The van der Waals surface area contributed by atoms with Gasteiger partial charge in [0, 0.05) is 27.8 Å². The van der Waals surface area contributed by atoms with Crippen LogP contribution in [0.1, 0.15) is 22.3 Å². The largest absolute Gasteiger partial charge is 0.456 e. The molecule has 0 amide bonds. The topological polar surface area (TPSA) is 16.4 Å². The fraction of sp³-hybridized carbons (Fsp3) is 0.0213. The number of para-hydroxylation sites is 2. The monoisotopic (exact) mass is 625 g/mol. The Balaban J connectivity index is 1.22. The highest BCUT2D eigenvalue weighted by Gasteiger charge is 2.46. The molecule has 1 aliphatic rings. The Kier molecular flexibility index (Phi) is 6.13. The lowest BCUT2D eigenvalue weighted by molar-refractivity contribution is 0.669. The van der Waals surface area contributed by atoms with Gasteiger partial charge < -0.3 is 9.32 Å². The summed E-state index contributed by atoms with van der Waals surface area (Å²) in [6.07, 6.45) is 0. The van der Waals surface area contributed by atoms with Crippen molar-refractivity contribution in [1.82, 2.24) is 0 Å². The van der Waals surface area contributed by atoms with E-state index in [-0.39, 0.29) is 0 Å². The molecule has 230 valence electrons. The van der Waals surface area contributed by atoms with E-state index in [9.17, 15) is 0 Å². The SMILES string of the molecule is c1ccc(N(c2ccc3cc4c(cc3c2)C(c2ccccc2)(c2ccccc2)c2ccccc2-4)c2ccc3oc4ccccc4c3c2)cc1.